The van der Waals surface area contributed by atoms with Crippen LogP contribution in [0.15, 0.2) is 49.9 Å². The van der Waals surface area contributed by atoms with Gasteiger partial charge >= 0.3 is 0 Å². The standard InChI is InChI=1S/C17H14BrN5O2S2/c1-23-16(10-3-5-12(24-2)6-4-10)20-21-17(23)27-9-14-19-15(22-25-14)13-7-11(18)8-26-13/h3-8H,9H2,1-2H3. The zero-order valence-electron chi connectivity index (χ0n) is 14.4. The Balaban J connectivity index is 1.46. The van der Waals surface area contributed by atoms with Crippen LogP contribution in [-0.2, 0) is 12.8 Å². The van der Waals surface area contributed by atoms with Crippen molar-refractivity contribution in [2.45, 2.75) is 10.9 Å². The SMILES string of the molecule is COc1ccc(-c2nnc(SCc3nc(-c4cc(Br)cs4)no3)n2C)cc1. The van der Waals surface area contributed by atoms with Gasteiger partial charge in [0.2, 0.25) is 11.7 Å². The third-order valence-corrected chi connectivity index (χ3v) is 6.46. The molecule has 27 heavy (non-hydrogen) atoms. The van der Waals surface area contributed by atoms with Crippen LogP contribution >= 0.6 is 39.0 Å². The summed E-state index contributed by atoms with van der Waals surface area (Å²) in [5.74, 6) is 3.26. The molecule has 3 heterocycles. The molecule has 1 aromatic carbocycles. The monoisotopic (exact) mass is 463 g/mol. The average Bonchev–Trinajstić information content (AvgIpc) is 3.40. The van der Waals surface area contributed by atoms with Gasteiger partial charge in [0.15, 0.2) is 11.0 Å². The van der Waals surface area contributed by atoms with Crippen molar-refractivity contribution in [1.82, 2.24) is 24.9 Å². The largest absolute Gasteiger partial charge is 0.497 e. The van der Waals surface area contributed by atoms with E-state index in [0.29, 0.717) is 17.5 Å². The minimum absolute atomic E-state index is 0.522. The molecule has 0 N–H and O–H groups in total. The van der Waals surface area contributed by atoms with E-state index in [1.54, 1.807) is 18.4 Å². The molecule has 0 fully saturated rings. The van der Waals surface area contributed by atoms with Crippen LogP contribution in [0.4, 0.5) is 0 Å². The lowest BCUT2D eigenvalue weighted by atomic mass is 10.2. The van der Waals surface area contributed by atoms with E-state index >= 15 is 0 Å². The molecule has 4 rings (SSSR count). The third kappa shape index (κ3) is 3.92. The molecule has 3 aromatic heterocycles. The Hall–Kier alpha value is -2.17. The highest BCUT2D eigenvalue weighted by Crippen LogP contribution is 2.29. The van der Waals surface area contributed by atoms with Crippen molar-refractivity contribution in [3.63, 3.8) is 0 Å². The summed E-state index contributed by atoms with van der Waals surface area (Å²) in [6.07, 6.45) is 0. The lowest BCUT2D eigenvalue weighted by Gasteiger charge is -2.04. The quantitative estimate of drug-likeness (QED) is 0.384. The highest BCUT2D eigenvalue weighted by atomic mass is 79.9. The molecule has 7 nitrogen and oxygen atoms in total. The molecule has 0 radical (unpaired) electrons. The summed E-state index contributed by atoms with van der Waals surface area (Å²) in [6.45, 7) is 0. The summed E-state index contributed by atoms with van der Waals surface area (Å²) in [4.78, 5) is 5.40. The number of thiophene rings is 1. The highest BCUT2D eigenvalue weighted by molar-refractivity contribution is 9.10. The molecule has 4 aromatic rings. The van der Waals surface area contributed by atoms with Gasteiger partial charge in [-0.2, -0.15) is 4.98 Å². The molecular formula is C17H14BrN5O2S2. The smallest absolute Gasteiger partial charge is 0.237 e. The van der Waals surface area contributed by atoms with Gasteiger partial charge in [0.05, 0.1) is 17.7 Å². The van der Waals surface area contributed by atoms with Gasteiger partial charge in [0, 0.05) is 22.5 Å². The first-order chi connectivity index (χ1) is 13.1. The maximum Gasteiger partial charge on any atom is 0.237 e. The highest BCUT2D eigenvalue weighted by Gasteiger charge is 2.15. The first-order valence-electron chi connectivity index (χ1n) is 7.87. The zero-order valence-corrected chi connectivity index (χ0v) is 17.6. The van der Waals surface area contributed by atoms with E-state index in [-0.39, 0.29) is 0 Å². The van der Waals surface area contributed by atoms with E-state index in [2.05, 4.69) is 36.3 Å². The van der Waals surface area contributed by atoms with Gasteiger partial charge in [-0.1, -0.05) is 16.9 Å². The van der Waals surface area contributed by atoms with Gasteiger partial charge in [0.25, 0.3) is 0 Å². The van der Waals surface area contributed by atoms with E-state index in [0.717, 1.165) is 31.6 Å². The Morgan fingerprint density at radius 1 is 1.26 bits per heavy atom. The second kappa shape index (κ2) is 7.83. The fraction of sp³-hybridized carbons (Fsp3) is 0.176. The number of halogens is 1. The van der Waals surface area contributed by atoms with Crippen molar-refractivity contribution >= 4 is 39.0 Å². The van der Waals surface area contributed by atoms with E-state index in [1.807, 2.05) is 47.3 Å². The molecule has 10 heteroatoms. The number of ether oxygens (including phenoxy) is 1. The fourth-order valence-corrected chi connectivity index (χ4v) is 4.50. The van der Waals surface area contributed by atoms with Gasteiger partial charge in [-0.25, -0.2) is 0 Å². The van der Waals surface area contributed by atoms with Crippen molar-refractivity contribution < 1.29 is 9.26 Å². The van der Waals surface area contributed by atoms with Crippen molar-refractivity contribution in [3.8, 4) is 27.8 Å². The normalized spacial score (nSPS) is 11.1. The number of methoxy groups -OCH3 is 1. The second-order valence-electron chi connectivity index (χ2n) is 5.52. The van der Waals surface area contributed by atoms with E-state index in [1.165, 1.54) is 11.8 Å². The first kappa shape index (κ1) is 18.2. The molecule has 0 aliphatic carbocycles. The van der Waals surface area contributed by atoms with Crippen LogP contribution in [0.5, 0.6) is 5.75 Å². The van der Waals surface area contributed by atoms with Gasteiger partial charge in [-0.3, -0.25) is 0 Å². The summed E-state index contributed by atoms with van der Waals surface area (Å²) >= 11 is 6.49. The van der Waals surface area contributed by atoms with Crippen molar-refractivity contribution in [2.75, 3.05) is 7.11 Å². The van der Waals surface area contributed by atoms with Gasteiger partial charge in [-0.05, 0) is 46.3 Å². The summed E-state index contributed by atoms with van der Waals surface area (Å²) < 4.78 is 13.5. The molecular weight excluding hydrogens is 450 g/mol. The van der Waals surface area contributed by atoms with Gasteiger partial charge in [0.1, 0.15) is 5.75 Å². The third-order valence-electron chi connectivity index (χ3n) is 3.76. The Bertz CT molecular complexity index is 1060. The maximum atomic E-state index is 5.34. The van der Waals surface area contributed by atoms with Crippen LogP contribution < -0.4 is 4.74 Å². The molecule has 0 saturated carbocycles. The van der Waals surface area contributed by atoms with Crippen LogP contribution in [0.1, 0.15) is 5.89 Å². The first-order valence-corrected chi connectivity index (χ1v) is 10.5. The fourth-order valence-electron chi connectivity index (χ4n) is 2.40. The molecule has 138 valence electrons. The summed E-state index contributed by atoms with van der Waals surface area (Å²) in [7, 11) is 3.58. The lowest BCUT2D eigenvalue weighted by Crippen LogP contribution is -1.95. The molecule has 0 atom stereocenters. The number of thioether (sulfide) groups is 1. The lowest BCUT2D eigenvalue weighted by molar-refractivity contribution is 0.391. The number of benzene rings is 1. The van der Waals surface area contributed by atoms with Crippen molar-refractivity contribution in [2.24, 2.45) is 7.05 Å². The molecule has 0 bridgehead atoms. The number of nitrogens with zero attached hydrogens (tertiary/aromatic N) is 5. The Labute approximate surface area is 171 Å². The van der Waals surface area contributed by atoms with Crippen LogP contribution in [0.2, 0.25) is 0 Å². The second-order valence-corrected chi connectivity index (χ2v) is 8.29. The molecule has 0 saturated heterocycles. The van der Waals surface area contributed by atoms with E-state index < -0.39 is 0 Å². The van der Waals surface area contributed by atoms with E-state index in [9.17, 15) is 0 Å². The maximum absolute atomic E-state index is 5.34. The molecule has 0 spiro atoms. The average molecular weight is 464 g/mol. The van der Waals surface area contributed by atoms with Crippen molar-refractivity contribution in [3.05, 3.63) is 46.1 Å². The zero-order chi connectivity index (χ0) is 18.8. The minimum atomic E-state index is 0.522. The van der Waals surface area contributed by atoms with Crippen molar-refractivity contribution in [1.29, 1.82) is 0 Å². The Kier molecular flexibility index (Phi) is 5.28. The molecule has 0 aliphatic heterocycles. The van der Waals surface area contributed by atoms with Crippen LogP contribution in [0.3, 0.4) is 0 Å². The van der Waals surface area contributed by atoms with Gasteiger partial charge in [-0.15, -0.1) is 21.5 Å². The number of rotatable bonds is 6. The van der Waals surface area contributed by atoms with Gasteiger partial charge < -0.3 is 13.8 Å². The summed E-state index contributed by atoms with van der Waals surface area (Å²) in [6, 6.07) is 9.69. The number of aromatic nitrogens is 5. The number of hydrogen-bond donors (Lipinski definition) is 0. The number of hydrogen-bond acceptors (Lipinski definition) is 8. The molecule has 0 aliphatic rings. The topological polar surface area (TPSA) is 78.9 Å². The molecule has 0 amide bonds. The predicted molar refractivity (Wildman–Crippen MR) is 108 cm³/mol. The summed E-state index contributed by atoms with van der Waals surface area (Å²) in [5.41, 5.74) is 0.973. The predicted octanol–water partition coefficient (Wildman–Crippen LogP) is 4.66. The van der Waals surface area contributed by atoms with Crippen LogP contribution in [0.25, 0.3) is 22.1 Å². The van der Waals surface area contributed by atoms with Crippen LogP contribution in [-0.4, -0.2) is 32.0 Å². The molecule has 0 unspecified atom stereocenters. The summed E-state index contributed by atoms with van der Waals surface area (Å²) in [5, 5.41) is 15.4. The Morgan fingerprint density at radius 2 is 2.07 bits per heavy atom. The Morgan fingerprint density at radius 3 is 2.78 bits per heavy atom. The van der Waals surface area contributed by atoms with E-state index in [4.69, 9.17) is 9.26 Å². The van der Waals surface area contributed by atoms with Crippen LogP contribution in [0, 0.1) is 0 Å². The minimum Gasteiger partial charge on any atom is -0.497 e.